The van der Waals surface area contributed by atoms with E-state index in [1.54, 1.807) is 26.4 Å². The molecule has 0 atom stereocenters. The van der Waals surface area contributed by atoms with Crippen molar-refractivity contribution in [1.82, 2.24) is 15.2 Å². The number of ether oxygens (including phenoxy) is 1. The molecule has 7 heteroatoms. The van der Waals surface area contributed by atoms with Crippen LogP contribution in [0.25, 0.3) is 0 Å². The summed E-state index contributed by atoms with van der Waals surface area (Å²) in [5, 5.41) is 5.78. The molecule has 0 aliphatic rings. The van der Waals surface area contributed by atoms with Gasteiger partial charge in [0, 0.05) is 40.0 Å². The van der Waals surface area contributed by atoms with Gasteiger partial charge in [-0.15, -0.1) is 12.4 Å². The Morgan fingerprint density at radius 3 is 2.79 bits per heavy atom. The standard InChI is InChI=1S/C12H19N3O3.ClH/c1-15-8-3-4-10(12(15)17)11(16)14-6-5-13-7-9-18-2;/h3-4,8,13H,5-7,9H2,1-2H3,(H,14,16);1H. The van der Waals surface area contributed by atoms with Gasteiger partial charge in [-0.1, -0.05) is 0 Å². The first kappa shape index (κ1) is 17.6. The van der Waals surface area contributed by atoms with Crippen LogP contribution in [0, 0.1) is 0 Å². The van der Waals surface area contributed by atoms with Gasteiger partial charge in [0.1, 0.15) is 5.56 Å². The van der Waals surface area contributed by atoms with E-state index in [0.717, 1.165) is 6.54 Å². The van der Waals surface area contributed by atoms with Crippen LogP contribution in [0.1, 0.15) is 10.4 Å². The number of aromatic nitrogens is 1. The molecule has 0 saturated heterocycles. The largest absolute Gasteiger partial charge is 0.383 e. The van der Waals surface area contributed by atoms with E-state index in [1.807, 2.05) is 0 Å². The molecule has 0 radical (unpaired) electrons. The lowest BCUT2D eigenvalue weighted by atomic mass is 10.2. The van der Waals surface area contributed by atoms with Gasteiger partial charge in [0.2, 0.25) is 0 Å². The fraction of sp³-hybridized carbons (Fsp3) is 0.500. The number of aryl methyl sites for hydroxylation is 1. The zero-order valence-electron chi connectivity index (χ0n) is 11.1. The van der Waals surface area contributed by atoms with Crippen molar-refractivity contribution in [3.8, 4) is 0 Å². The minimum absolute atomic E-state index is 0. The van der Waals surface area contributed by atoms with Crippen molar-refractivity contribution >= 4 is 18.3 Å². The van der Waals surface area contributed by atoms with Crippen LogP contribution in [-0.2, 0) is 11.8 Å². The second-order valence-corrected chi connectivity index (χ2v) is 3.84. The predicted octanol–water partition coefficient (Wildman–Crippen LogP) is -0.227. The van der Waals surface area contributed by atoms with Crippen molar-refractivity contribution in [2.24, 2.45) is 7.05 Å². The molecule has 1 amide bonds. The quantitative estimate of drug-likeness (QED) is 0.681. The molecule has 0 aliphatic carbocycles. The Bertz CT molecular complexity index is 448. The topological polar surface area (TPSA) is 72.4 Å². The van der Waals surface area contributed by atoms with Crippen LogP contribution >= 0.6 is 12.4 Å². The minimum atomic E-state index is -0.343. The molecule has 2 N–H and O–H groups in total. The molecule has 0 unspecified atom stereocenters. The van der Waals surface area contributed by atoms with Crippen LogP contribution in [0.3, 0.4) is 0 Å². The first-order valence-corrected chi connectivity index (χ1v) is 5.80. The lowest BCUT2D eigenvalue weighted by Gasteiger charge is -2.07. The third-order valence-corrected chi connectivity index (χ3v) is 2.44. The van der Waals surface area contributed by atoms with Crippen LogP contribution in [0.2, 0.25) is 0 Å². The Morgan fingerprint density at radius 1 is 1.37 bits per heavy atom. The highest BCUT2D eigenvalue weighted by Gasteiger charge is 2.09. The van der Waals surface area contributed by atoms with Crippen LogP contribution in [0.4, 0.5) is 0 Å². The van der Waals surface area contributed by atoms with Gasteiger partial charge >= 0.3 is 0 Å². The summed E-state index contributed by atoms with van der Waals surface area (Å²) in [4.78, 5) is 23.4. The maximum absolute atomic E-state index is 11.7. The monoisotopic (exact) mass is 289 g/mol. The summed E-state index contributed by atoms with van der Waals surface area (Å²) < 4.78 is 6.25. The van der Waals surface area contributed by atoms with E-state index in [0.29, 0.717) is 19.7 Å². The Labute approximate surface area is 118 Å². The van der Waals surface area contributed by atoms with Crippen molar-refractivity contribution in [2.75, 3.05) is 33.4 Å². The summed E-state index contributed by atoms with van der Waals surface area (Å²) >= 11 is 0. The Hall–Kier alpha value is -1.37. The SMILES string of the molecule is COCCNCCNC(=O)c1cccn(C)c1=O.Cl. The van der Waals surface area contributed by atoms with Crippen molar-refractivity contribution in [2.45, 2.75) is 0 Å². The first-order chi connectivity index (χ1) is 8.66. The minimum Gasteiger partial charge on any atom is -0.383 e. The first-order valence-electron chi connectivity index (χ1n) is 5.80. The highest BCUT2D eigenvalue weighted by molar-refractivity contribution is 5.93. The number of hydrogen-bond acceptors (Lipinski definition) is 4. The van der Waals surface area contributed by atoms with E-state index in [4.69, 9.17) is 4.74 Å². The van der Waals surface area contributed by atoms with Crippen molar-refractivity contribution in [3.05, 3.63) is 34.2 Å². The molecule has 0 saturated carbocycles. The number of carbonyl (C=O) groups is 1. The molecule has 1 rings (SSSR count). The van der Waals surface area contributed by atoms with E-state index >= 15 is 0 Å². The van der Waals surface area contributed by atoms with Crippen molar-refractivity contribution in [3.63, 3.8) is 0 Å². The highest BCUT2D eigenvalue weighted by atomic mass is 35.5. The zero-order chi connectivity index (χ0) is 13.4. The Morgan fingerprint density at radius 2 is 2.11 bits per heavy atom. The van der Waals surface area contributed by atoms with Gasteiger partial charge in [0.15, 0.2) is 0 Å². The molecular formula is C12H20ClN3O3. The fourth-order valence-electron chi connectivity index (χ4n) is 1.43. The van der Waals surface area contributed by atoms with Crippen LogP contribution in [0.5, 0.6) is 0 Å². The molecular weight excluding hydrogens is 270 g/mol. The van der Waals surface area contributed by atoms with Gasteiger partial charge in [0.25, 0.3) is 11.5 Å². The molecule has 1 aromatic rings. The lowest BCUT2D eigenvalue weighted by molar-refractivity contribution is 0.0951. The number of nitrogens with one attached hydrogen (secondary N) is 2. The van der Waals surface area contributed by atoms with E-state index in [9.17, 15) is 9.59 Å². The molecule has 0 fully saturated rings. The third-order valence-electron chi connectivity index (χ3n) is 2.44. The number of pyridine rings is 1. The Kier molecular flexibility index (Phi) is 8.86. The number of halogens is 1. The van der Waals surface area contributed by atoms with Gasteiger partial charge in [-0.2, -0.15) is 0 Å². The molecule has 0 aromatic carbocycles. The molecule has 108 valence electrons. The number of nitrogens with zero attached hydrogens (tertiary/aromatic N) is 1. The molecule has 1 heterocycles. The van der Waals surface area contributed by atoms with Crippen LogP contribution < -0.4 is 16.2 Å². The number of amides is 1. The summed E-state index contributed by atoms with van der Waals surface area (Å²) in [7, 11) is 3.25. The van der Waals surface area contributed by atoms with Gasteiger partial charge in [-0.05, 0) is 12.1 Å². The average molecular weight is 290 g/mol. The highest BCUT2D eigenvalue weighted by Crippen LogP contribution is 1.90. The van der Waals surface area contributed by atoms with E-state index in [1.165, 1.54) is 10.6 Å². The molecule has 0 aliphatic heterocycles. The number of methoxy groups -OCH3 is 1. The van der Waals surface area contributed by atoms with E-state index in [2.05, 4.69) is 10.6 Å². The zero-order valence-corrected chi connectivity index (χ0v) is 12.0. The average Bonchev–Trinajstić information content (AvgIpc) is 2.36. The summed E-state index contributed by atoms with van der Waals surface area (Å²) in [5.74, 6) is -0.343. The maximum Gasteiger partial charge on any atom is 0.263 e. The lowest BCUT2D eigenvalue weighted by Crippen LogP contribution is -2.36. The predicted molar refractivity (Wildman–Crippen MR) is 76.0 cm³/mol. The van der Waals surface area contributed by atoms with Gasteiger partial charge in [0.05, 0.1) is 6.61 Å². The molecule has 6 nitrogen and oxygen atoms in total. The van der Waals surface area contributed by atoms with Crippen LogP contribution in [0.15, 0.2) is 23.1 Å². The number of hydrogen-bond donors (Lipinski definition) is 2. The van der Waals surface area contributed by atoms with Crippen LogP contribution in [-0.4, -0.2) is 43.8 Å². The Balaban J connectivity index is 0.00000324. The van der Waals surface area contributed by atoms with Gasteiger partial charge < -0.3 is 19.9 Å². The number of carbonyl (C=O) groups excluding carboxylic acids is 1. The summed E-state index contributed by atoms with van der Waals surface area (Å²) in [6.45, 7) is 2.48. The normalized spacial score (nSPS) is 9.79. The summed E-state index contributed by atoms with van der Waals surface area (Å²) in [6.07, 6.45) is 1.62. The molecule has 19 heavy (non-hydrogen) atoms. The molecule has 0 spiro atoms. The molecule has 0 bridgehead atoms. The smallest absolute Gasteiger partial charge is 0.263 e. The van der Waals surface area contributed by atoms with Gasteiger partial charge in [-0.25, -0.2) is 0 Å². The number of rotatable bonds is 7. The summed E-state index contributed by atoms with van der Waals surface area (Å²) in [5.41, 5.74) is -0.126. The second-order valence-electron chi connectivity index (χ2n) is 3.84. The molecule has 1 aromatic heterocycles. The second kappa shape index (κ2) is 9.55. The van der Waals surface area contributed by atoms with Gasteiger partial charge in [-0.3, -0.25) is 9.59 Å². The van der Waals surface area contributed by atoms with E-state index in [-0.39, 0.29) is 29.4 Å². The maximum atomic E-state index is 11.7. The van der Waals surface area contributed by atoms with Crippen molar-refractivity contribution < 1.29 is 9.53 Å². The summed E-state index contributed by atoms with van der Waals surface area (Å²) in [6, 6.07) is 3.20. The fourth-order valence-corrected chi connectivity index (χ4v) is 1.43. The van der Waals surface area contributed by atoms with Crippen molar-refractivity contribution in [1.29, 1.82) is 0 Å². The van der Waals surface area contributed by atoms with E-state index < -0.39 is 0 Å². The third kappa shape index (κ3) is 5.87.